The van der Waals surface area contributed by atoms with Gasteiger partial charge in [-0.05, 0) is 32.2 Å². The van der Waals surface area contributed by atoms with Crippen LogP contribution in [-0.4, -0.2) is 89.0 Å². The van der Waals surface area contributed by atoms with E-state index in [0.29, 0.717) is 0 Å². The molecule has 0 aliphatic carbocycles. The highest BCUT2D eigenvalue weighted by atomic mass is 16.6. The summed E-state index contributed by atoms with van der Waals surface area (Å²) in [6.45, 7) is 3.18. The average Bonchev–Trinajstić information content (AvgIpc) is 2.63. The summed E-state index contributed by atoms with van der Waals surface area (Å²) in [5.74, 6) is -2.08. The van der Waals surface area contributed by atoms with Crippen molar-refractivity contribution in [2.45, 2.75) is 26.1 Å². The molecule has 2 atom stereocenters. The highest BCUT2D eigenvalue weighted by molar-refractivity contribution is 6.14. The fourth-order valence-electron chi connectivity index (χ4n) is 1.52. The lowest BCUT2D eigenvalue weighted by Crippen LogP contribution is -2.27. The second-order valence-corrected chi connectivity index (χ2v) is 5.01. The van der Waals surface area contributed by atoms with E-state index in [9.17, 15) is 19.8 Å². The number of aliphatic hydroxyl groups is 4. The summed E-state index contributed by atoms with van der Waals surface area (Å²) in [5, 5.41) is 35.8. The molecule has 4 N–H and O–H groups in total. The Bertz CT molecular complexity index is 431. The van der Waals surface area contributed by atoms with Crippen LogP contribution in [0.5, 0.6) is 0 Å². The van der Waals surface area contributed by atoms with Crippen LogP contribution in [0.4, 0.5) is 0 Å². The van der Waals surface area contributed by atoms with Crippen LogP contribution in [0.2, 0.25) is 0 Å². The van der Waals surface area contributed by atoms with Gasteiger partial charge in [0.1, 0.15) is 31.0 Å². The molecule has 9 heteroatoms. The second-order valence-electron chi connectivity index (χ2n) is 5.01. The van der Waals surface area contributed by atoms with Crippen molar-refractivity contribution in [1.29, 1.82) is 0 Å². The number of aliphatic hydroxyl groups excluding tert-OH is 4. The lowest BCUT2D eigenvalue weighted by molar-refractivity contribution is -0.151. The summed E-state index contributed by atoms with van der Waals surface area (Å²) in [6.07, 6.45) is 1.81. The molecule has 0 aromatic heterocycles. The predicted octanol–water partition coefficient (Wildman–Crippen LogP) is -1.44. The zero-order valence-electron chi connectivity index (χ0n) is 14.5. The van der Waals surface area contributed by atoms with Crippen LogP contribution in [0.15, 0.2) is 23.9 Å². The highest BCUT2D eigenvalue weighted by Crippen LogP contribution is 2.05. The summed E-state index contributed by atoms with van der Waals surface area (Å²) in [6, 6.07) is 0. The van der Waals surface area contributed by atoms with Crippen LogP contribution >= 0.6 is 0 Å². The number of carbonyl (C=O) groups is 2. The topological polar surface area (TPSA) is 137 Å². The summed E-state index contributed by atoms with van der Waals surface area (Å²) in [4.78, 5) is 25.9. The Morgan fingerprint density at radius 3 is 1.76 bits per heavy atom. The molecule has 25 heavy (non-hydrogen) atoms. The average molecular weight is 361 g/mol. The molecule has 9 nitrogen and oxygen atoms in total. The highest BCUT2D eigenvalue weighted by Gasteiger charge is 2.22. The Morgan fingerprint density at radius 2 is 1.40 bits per heavy atom. The summed E-state index contributed by atoms with van der Waals surface area (Å²) < 4.78 is 9.49. The molecule has 144 valence electrons. The molecule has 0 fully saturated rings. The molecule has 0 spiro atoms. The fraction of sp³-hybridized carbons (Fsp3) is 0.625. The molecule has 0 aliphatic rings. The van der Waals surface area contributed by atoms with E-state index in [1.165, 1.54) is 12.2 Å². The summed E-state index contributed by atoms with van der Waals surface area (Å²) in [7, 11) is 0. The van der Waals surface area contributed by atoms with E-state index in [2.05, 4.69) is 0 Å². The minimum Gasteiger partial charge on any atom is -0.459 e. The minimum absolute atomic E-state index is 0.446. The Labute approximate surface area is 146 Å². The van der Waals surface area contributed by atoms with Crippen LogP contribution < -0.4 is 0 Å². The van der Waals surface area contributed by atoms with Crippen LogP contribution in [0, 0.1) is 0 Å². The number of rotatable bonds is 12. The van der Waals surface area contributed by atoms with Gasteiger partial charge in [0.2, 0.25) is 0 Å². The van der Waals surface area contributed by atoms with Gasteiger partial charge in [-0.15, -0.1) is 0 Å². The molecule has 2 unspecified atom stereocenters. The first-order valence-electron chi connectivity index (χ1n) is 7.94. The molecular formula is C16H27NO8. The van der Waals surface area contributed by atoms with Crippen LogP contribution in [0.25, 0.3) is 0 Å². The van der Waals surface area contributed by atoms with Crippen LogP contribution in [-0.2, 0) is 19.1 Å². The quantitative estimate of drug-likeness (QED) is 0.108. The molecule has 0 aromatic rings. The number of nitrogens with zero attached hydrogens (tertiary/aromatic N) is 1. The minimum atomic E-state index is -1.26. The smallest absolute Gasteiger partial charge is 0.345 e. The maximum atomic E-state index is 12.0. The molecular weight excluding hydrogens is 334 g/mol. The predicted molar refractivity (Wildman–Crippen MR) is 88.2 cm³/mol. The second kappa shape index (κ2) is 13.4. The van der Waals surface area contributed by atoms with E-state index < -0.39 is 56.1 Å². The van der Waals surface area contributed by atoms with E-state index in [1.54, 1.807) is 6.20 Å². The van der Waals surface area contributed by atoms with Gasteiger partial charge in [0.05, 0.1) is 13.2 Å². The lowest BCUT2D eigenvalue weighted by atomic mass is 10.2. The normalized spacial score (nSPS) is 13.2. The largest absolute Gasteiger partial charge is 0.459 e. The molecule has 0 heterocycles. The van der Waals surface area contributed by atoms with Crippen molar-refractivity contribution >= 4 is 11.9 Å². The first kappa shape index (κ1) is 23.1. The lowest BCUT2D eigenvalue weighted by Gasteiger charge is -2.14. The number of carbonyl (C=O) groups excluding carboxylic acids is 2. The van der Waals surface area contributed by atoms with Gasteiger partial charge in [-0.1, -0.05) is 0 Å². The molecule has 0 bridgehead atoms. The number of allylic oxidation sites excluding steroid dienone is 2. The van der Waals surface area contributed by atoms with Gasteiger partial charge in [0.15, 0.2) is 0 Å². The van der Waals surface area contributed by atoms with Gasteiger partial charge in [-0.2, -0.15) is 0 Å². The van der Waals surface area contributed by atoms with Gasteiger partial charge >= 0.3 is 11.9 Å². The molecule has 0 rings (SSSR count). The standard InChI is InChI=1S/C16H27NO8/c1-3-17(4-2)7-5-6-14(15(22)24-10-12(20)8-18)16(23)25-11-13(21)9-19/h5-7,12-13,18-21H,3-4,8-11H2,1-2H3. The Balaban J connectivity index is 5.08. The third-order valence-electron chi connectivity index (χ3n) is 3.05. The number of hydrogen-bond donors (Lipinski definition) is 4. The van der Waals surface area contributed by atoms with E-state index in [-0.39, 0.29) is 0 Å². The van der Waals surface area contributed by atoms with Crippen molar-refractivity contribution in [2.24, 2.45) is 0 Å². The zero-order valence-corrected chi connectivity index (χ0v) is 14.5. The number of hydrogen-bond acceptors (Lipinski definition) is 9. The van der Waals surface area contributed by atoms with Gasteiger partial charge in [0, 0.05) is 13.1 Å². The van der Waals surface area contributed by atoms with Crippen molar-refractivity contribution in [2.75, 3.05) is 39.5 Å². The molecule has 0 aliphatic heterocycles. The van der Waals surface area contributed by atoms with Gasteiger partial charge in [-0.3, -0.25) is 0 Å². The number of esters is 2. The van der Waals surface area contributed by atoms with E-state index in [0.717, 1.165) is 13.1 Å². The Kier molecular flexibility index (Phi) is 12.3. The summed E-state index contributed by atoms with van der Waals surface area (Å²) >= 11 is 0. The summed E-state index contributed by atoms with van der Waals surface area (Å²) in [5.41, 5.74) is -0.446. The van der Waals surface area contributed by atoms with E-state index >= 15 is 0 Å². The van der Waals surface area contributed by atoms with Crippen molar-refractivity contribution < 1.29 is 39.5 Å². The zero-order chi connectivity index (χ0) is 19.2. The molecule has 0 amide bonds. The third-order valence-corrected chi connectivity index (χ3v) is 3.05. The van der Waals surface area contributed by atoms with Crippen molar-refractivity contribution in [3.63, 3.8) is 0 Å². The monoisotopic (exact) mass is 361 g/mol. The first-order valence-corrected chi connectivity index (χ1v) is 7.94. The van der Waals surface area contributed by atoms with Crippen molar-refractivity contribution in [1.82, 2.24) is 4.90 Å². The van der Waals surface area contributed by atoms with Crippen molar-refractivity contribution in [3.05, 3.63) is 23.9 Å². The third kappa shape index (κ3) is 9.82. The Morgan fingerprint density at radius 1 is 0.960 bits per heavy atom. The van der Waals surface area contributed by atoms with Crippen LogP contribution in [0.3, 0.4) is 0 Å². The maximum Gasteiger partial charge on any atom is 0.345 e. The molecule has 0 radical (unpaired) electrons. The SMILES string of the molecule is CCN(C=CC=C(C(=O)OCC(O)CO)C(=O)OCC(O)CO)CC. The van der Waals surface area contributed by atoms with Gasteiger partial charge in [0.25, 0.3) is 0 Å². The Hall–Kier alpha value is -1.94. The first-order chi connectivity index (χ1) is 11.9. The molecule has 0 aromatic carbocycles. The van der Waals surface area contributed by atoms with E-state index in [4.69, 9.17) is 19.7 Å². The van der Waals surface area contributed by atoms with E-state index in [1.807, 2.05) is 18.7 Å². The molecule has 0 saturated carbocycles. The maximum absolute atomic E-state index is 12.0. The van der Waals surface area contributed by atoms with Gasteiger partial charge in [-0.25, -0.2) is 9.59 Å². The molecule has 0 saturated heterocycles. The fourth-order valence-corrected chi connectivity index (χ4v) is 1.52. The number of ether oxygens (including phenoxy) is 2. The van der Waals surface area contributed by atoms with Crippen molar-refractivity contribution in [3.8, 4) is 0 Å². The van der Waals surface area contributed by atoms with Crippen LogP contribution in [0.1, 0.15) is 13.8 Å². The van der Waals surface area contributed by atoms with Gasteiger partial charge < -0.3 is 34.8 Å².